The highest BCUT2D eigenvalue weighted by Gasteiger charge is 2.15. The van der Waals surface area contributed by atoms with Crippen molar-refractivity contribution in [3.05, 3.63) is 29.8 Å². The van der Waals surface area contributed by atoms with Gasteiger partial charge < -0.3 is 19.3 Å². The van der Waals surface area contributed by atoms with Gasteiger partial charge in [-0.15, -0.1) is 0 Å². The highest BCUT2D eigenvalue weighted by molar-refractivity contribution is 6.00. The van der Waals surface area contributed by atoms with Crippen molar-refractivity contribution in [1.82, 2.24) is 0 Å². The summed E-state index contributed by atoms with van der Waals surface area (Å²) in [5, 5.41) is 10.9. The molecule has 0 aliphatic heterocycles. The number of methoxy groups -OCH3 is 3. The minimum absolute atomic E-state index is 0.166. The Morgan fingerprint density at radius 2 is 1.30 bits per heavy atom. The predicted octanol–water partition coefficient (Wildman–Crippen LogP) is 2.79. The van der Waals surface area contributed by atoms with Crippen molar-refractivity contribution in [1.29, 1.82) is 0 Å². The summed E-state index contributed by atoms with van der Waals surface area (Å²) >= 11 is 0. The smallest absolute Gasteiger partial charge is 0.130 e. The molecule has 0 unspecified atom stereocenters. The number of ether oxygens (including phenoxy) is 3. The molecule has 0 bridgehead atoms. The Morgan fingerprint density at radius 1 is 0.800 bits per heavy atom. The summed E-state index contributed by atoms with van der Waals surface area (Å²) in [6.45, 7) is 0.166. The van der Waals surface area contributed by atoms with E-state index in [2.05, 4.69) is 0 Å². The quantitative estimate of drug-likeness (QED) is 0.881. The fraction of sp³-hybridized carbons (Fsp3) is 0.375. The van der Waals surface area contributed by atoms with Gasteiger partial charge in [-0.25, -0.2) is 0 Å². The van der Waals surface area contributed by atoms with E-state index in [0.717, 1.165) is 40.0 Å². The SMILES string of the molecule is COc1ccc(OC)c2c(OC)ccc(CCCO)c12. The Bertz CT molecular complexity index is 582. The zero-order valence-electron chi connectivity index (χ0n) is 12.1. The van der Waals surface area contributed by atoms with Gasteiger partial charge in [0, 0.05) is 12.0 Å². The predicted molar refractivity (Wildman–Crippen MR) is 79.0 cm³/mol. The lowest BCUT2D eigenvalue weighted by Crippen LogP contribution is -1.97. The number of hydrogen-bond acceptors (Lipinski definition) is 4. The van der Waals surface area contributed by atoms with Gasteiger partial charge in [0.1, 0.15) is 17.2 Å². The Morgan fingerprint density at radius 3 is 1.80 bits per heavy atom. The van der Waals surface area contributed by atoms with Gasteiger partial charge >= 0.3 is 0 Å². The second-order valence-electron chi connectivity index (χ2n) is 4.47. The number of aliphatic hydroxyl groups excluding tert-OH is 1. The fourth-order valence-electron chi connectivity index (χ4n) is 2.46. The molecule has 0 aliphatic rings. The molecular weight excluding hydrogens is 256 g/mol. The van der Waals surface area contributed by atoms with Gasteiger partial charge in [-0.3, -0.25) is 0 Å². The first kappa shape index (κ1) is 14.5. The van der Waals surface area contributed by atoms with Crippen LogP contribution in [0.25, 0.3) is 10.8 Å². The van der Waals surface area contributed by atoms with Crippen molar-refractivity contribution < 1.29 is 19.3 Å². The average molecular weight is 276 g/mol. The summed E-state index contributed by atoms with van der Waals surface area (Å²) in [6.07, 6.45) is 1.49. The second-order valence-corrected chi connectivity index (χ2v) is 4.47. The molecule has 0 aromatic heterocycles. The van der Waals surface area contributed by atoms with E-state index in [1.807, 2.05) is 24.3 Å². The van der Waals surface area contributed by atoms with Gasteiger partial charge in [0.15, 0.2) is 0 Å². The van der Waals surface area contributed by atoms with E-state index in [0.29, 0.717) is 6.42 Å². The minimum Gasteiger partial charge on any atom is -0.496 e. The van der Waals surface area contributed by atoms with Gasteiger partial charge in [-0.2, -0.15) is 0 Å². The van der Waals surface area contributed by atoms with Crippen LogP contribution in [0.4, 0.5) is 0 Å². The molecule has 0 fully saturated rings. The third kappa shape index (κ3) is 2.51. The first-order chi connectivity index (χ1) is 9.76. The highest BCUT2D eigenvalue weighted by atomic mass is 16.5. The summed E-state index contributed by atoms with van der Waals surface area (Å²) in [7, 11) is 4.93. The molecule has 2 aromatic carbocycles. The van der Waals surface area contributed by atoms with E-state index in [4.69, 9.17) is 19.3 Å². The summed E-state index contributed by atoms with van der Waals surface area (Å²) in [5.41, 5.74) is 1.12. The molecule has 1 N–H and O–H groups in total. The van der Waals surface area contributed by atoms with Crippen LogP contribution in [0.15, 0.2) is 24.3 Å². The number of rotatable bonds is 6. The molecular formula is C16H20O4. The average Bonchev–Trinajstić information content (AvgIpc) is 2.51. The third-order valence-corrected chi connectivity index (χ3v) is 3.40. The molecule has 0 amide bonds. The van der Waals surface area contributed by atoms with Gasteiger partial charge in [0.2, 0.25) is 0 Å². The number of benzene rings is 2. The van der Waals surface area contributed by atoms with E-state index >= 15 is 0 Å². The number of aryl methyl sites for hydroxylation is 1. The summed E-state index contributed by atoms with van der Waals surface area (Å²) in [6, 6.07) is 7.71. The molecule has 2 rings (SSSR count). The molecule has 0 atom stereocenters. The lowest BCUT2D eigenvalue weighted by molar-refractivity contribution is 0.288. The first-order valence-electron chi connectivity index (χ1n) is 6.58. The van der Waals surface area contributed by atoms with Crippen molar-refractivity contribution in [3.63, 3.8) is 0 Å². The minimum atomic E-state index is 0.166. The van der Waals surface area contributed by atoms with Crippen molar-refractivity contribution in [2.24, 2.45) is 0 Å². The lowest BCUT2D eigenvalue weighted by Gasteiger charge is -2.16. The van der Waals surface area contributed by atoms with Gasteiger partial charge in [-0.05, 0) is 36.6 Å². The van der Waals surface area contributed by atoms with Gasteiger partial charge in [0.05, 0.1) is 26.7 Å². The summed E-state index contributed by atoms with van der Waals surface area (Å²) in [4.78, 5) is 0. The van der Waals surface area contributed by atoms with Crippen molar-refractivity contribution in [2.75, 3.05) is 27.9 Å². The van der Waals surface area contributed by atoms with E-state index in [1.165, 1.54) is 0 Å². The van der Waals surface area contributed by atoms with E-state index < -0.39 is 0 Å². The normalized spacial score (nSPS) is 10.6. The van der Waals surface area contributed by atoms with Crippen LogP contribution >= 0.6 is 0 Å². The van der Waals surface area contributed by atoms with Crippen LogP contribution in [0.2, 0.25) is 0 Å². The molecule has 20 heavy (non-hydrogen) atoms. The van der Waals surface area contributed by atoms with Crippen LogP contribution < -0.4 is 14.2 Å². The zero-order valence-corrected chi connectivity index (χ0v) is 12.1. The molecule has 4 nitrogen and oxygen atoms in total. The van der Waals surface area contributed by atoms with Gasteiger partial charge in [-0.1, -0.05) is 6.07 Å². The van der Waals surface area contributed by atoms with Crippen LogP contribution in [0, 0.1) is 0 Å². The van der Waals surface area contributed by atoms with E-state index in [1.54, 1.807) is 21.3 Å². The molecule has 0 heterocycles. The van der Waals surface area contributed by atoms with Crippen LogP contribution in [0.1, 0.15) is 12.0 Å². The monoisotopic (exact) mass is 276 g/mol. The highest BCUT2D eigenvalue weighted by Crippen LogP contribution is 2.41. The fourth-order valence-corrected chi connectivity index (χ4v) is 2.46. The molecule has 0 radical (unpaired) electrons. The molecule has 0 saturated heterocycles. The number of fused-ring (bicyclic) bond motifs is 1. The molecule has 108 valence electrons. The summed E-state index contributed by atoms with van der Waals surface area (Å²) < 4.78 is 16.4. The molecule has 4 heteroatoms. The molecule has 0 saturated carbocycles. The maximum absolute atomic E-state index is 9.05. The molecule has 0 spiro atoms. The first-order valence-corrected chi connectivity index (χ1v) is 6.58. The zero-order chi connectivity index (χ0) is 14.5. The second kappa shape index (κ2) is 6.48. The maximum Gasteiger partial charge on any atom is 0.130 e. The Balaban J connectivity index is 2.76. The number of hydrogen-bond donors (Lipinski definition) is 1. The topological polar surface area (TPSA) is 47.9 Å². The van der Waals surface area contributed by atoms with Gasteiger partial charge in [0.25, 0.3) is 0 Å². The van der Waals surface area contributed by atoms with Crippen molar-refractivity contribution >= 4 is 10.8 Å². The third-order valence-electron chi connectivity index (χ3n) is 3.40. The standard InChI is InChI=1S/C16H20O4/c1-18-12-8-9-14(20-3)16-13(19-2)7-6-11(15(12)16)5-4-10-17/h6-9,17H,4-5,10H2,1-3H3. The van der Waals surface area contributed by atoms with Crippen molar-refractivity contribution in [2.45, 2.75) is 12.8 Å². The maximum atomic E-state index is 9.05. The molecule has 0 aliphatic carbocycles. The van der Waals surface area contributed by atoms with Crippen LogP contribution in [-0.4, -0.2) is 33.0 Å². The largest absolute Gasteiger partial charge is 0.496 e. The Hall–Kier alpha value is -1.94. The molecule has 2 aromatic rings. The van der Waals surface area contributed by atoms with E-state index in [9.17, 15) is 0 Å². The van der Waals surface area contributed by atoms with E-state index in [-0.39, 0.29) is 6.61 Å². The van der Waals surface area contributed by atoms with Crippen LogP contribution in [0.5, 0.6) is 17.2 Å². The van der Waals surface area contributed by atoms with Crippen LogP contribution in [-0.2, 0) is 6.42 Å². The van der Waals surface area contributed by atoms with Crippen molar-refractivity contribution in [3.8, 4) is 17.2 Å². The number of aliphatic hydroxyl groups is 1. The summed E-state index contributed by atoms with van der Waals surface area (Å²) in [5.74, 6) is 2.29. The Kier molecular flexibility index (Phi) is 4.69. The lowest BCUT2D eigenvalue weighted by atomic mass is 9.98. The Labute approximate surface area is 118 Å². The van der Waals surface area contributed by atoms with Crippen LogP contribution in [0.3, 0.4) is 0 Å².